The fourth-order valence-corrected chi connectivity index (χ4v) is 3.39. The number of rotatable bonds is 7. The fraction of sp³-hybridized carbons (Fsp3) is 0.591. The van der Waals surface area contributed by atoms with Crippen molar-refractivity contribution >= 4 is 17.9 Å². The number of carbonyl (C=O) groups excluding carboxylic acids is 3. The Hall–Kier alpha value is -2.82. The average molecular weight is 476 g/mol. The second-order valence-electron chi connectivity index (χ2n) is 7.86. The van der Waals surface area contributed by atoms with Crippen LogP contribution in [0.3, 0.4) is 0 Å². The molecular weight excluding hydrogens is 449 g/mol. The highest BCUT2D eigenvalue weighted by Gasteiger charge is 2.45. The Morgan fingerprint density at radius 3 is 2.15 bits per heavy atom. The second-order valence-corrected chi connectivity index (χ2v) is 7.86. The first-order valence-corrected chi connectivity index (χ1v) is 10.3. The molecule has 0 amide bonds. The van der Waals surface area contributed by atoms with E-state index < -0.39 is 54.8 Å². The molecule has 11 heteroatoms. The minimum absolute atomic E-state index is 0.0422. The molecular formula is C22H27F3O8. The first-order valence-electron chi connectivity index (χ1n) is 10.3. The number of hydrogen-bond acceptors (Lipinski definition) is 8. The van der Waals surface area contributed by atoms with Gasteiger partial charge in [-0.05, 0) is 24.1 Å². The third-order valence-corrected chi connectivity index (χ3v) is 5.33. The molecule has 33 heavy (non-hydrogen) atoms. The summed E-state index contributed by atoms with van der Waals surface area (Å²) in [4.78, 5) is 34.1. The van der Waals surface area contributed by atoms with Gasteiger partial charge in [0.2, 0.25) is 6.29 Å². The lowest BCUT2D eigenvalue weighted by Crippen LogP contribution is -2.54. The van der Waals surface area contributed by atoms with Crippen LogP contribution < -0.4 is 4.74 Å². The summed E-state index contributed by atoms with van der Waals surface area (Å²) in [5.41, 5.74) is -0.999. The first kappa shape index (κ1) is 26.4. The number of benzene rings is 1. The molecule has 0 saturated carbocycles. The van der Waals surface area contributed by atoms with E-state index in [1.54, 1.807) is 6.92 Å². The molecule has 1 aliphatic rings. The van der Waals surface area contributed by atoms with Gasteiger partial charge in [0, 0.05) is 32.3 Å². The molecule has 0 bridgehead atoms. The maximum absolute atomic E-state index is 13.2. The van der Waals surface area contributed by atoms with E-state index in [-0.39, 0.29) is 29.8 Å². The summed E-state index contributed by atoms with van der Waals surface area (Å²) < 4.78 is 66.6. The van der Waals surface area contributed by atoms with Crippen LogP contribution in [0.4, 0.5) is 13.2 Å². The van der Waals surface area contributed by atoms with E-state index in [0.29, 0.717) is 0 Å². The van der Waals surface area contributed by atoms with Crippen LogP contribution >= 0.6 is 0 Å². The third-order valence-electron chi connectivity index (χ3n) is 5.33. The van der Waals surface area contributed by atoms with Crippen LogP contribution in [0.15, 0.2) is 18.2 Å². The maximum atomic E-state index is 13.2. The highest BCUT2D eigenvalue weighted by Crippen LogP contribution is 2.37. The summed E-state index contributed by atoms with van der Waals surface area (Å²) in [6, 6.07) is 2.71. The molecule has 1 aromatic rings. The minimum Gasteiger partial charge on any atom is -0.463 e. The number of alkyl halides is 3. The van der Waals surface area contributed by atoms with E-state index in [2.05, 4.69) is 0 Å². The second kappa shape index (κ2) is 10.9. The van der Waals surface area contributed by atoms with Crippen molar-refractivity contribution in [2.24, 2.45) is 11.8 Å². The van der Waals surface area contributed by atoms with E-state index in [0.717, 1.165) is 25.1 Å². The zero-order chi connectivity index (χ0) is 24.9. The highest BCUT2D eigenvalue weighted by atomic mass is 19.4. The van der Waals surface area contributed by atoms with Crippen molar-refractivity contribution in [1.82, 2.24) is 0 Å². The standard InChI is InChI=1S/C22H27F3O8/c1-11-12(2)20(31-15(5)28)21(33-19(11)10-30-14(4)27)32-18-7-6-17(22(23,24)25)8-16(18)9-29-13(3)26/h6-8,11-12,19-21H,9-10H2,1-5H3/t11-,12-,19?,20?,21+/m0/s1. The molecule has 184 valence electrons. The smallest absolute Gasteiger partial charge is 0.416 e. The molecule has 1 aliphatic heterocycles. The Bertz CT molecular complexity index is 868. The number of ether oxygens (including phenoxy) is 5. The maximum Gasteiger partial charge on any atom is 0.416 e. The van der Waals surface area contributed by atoms with Gasteiger partial charge >= 0.3 is 24.1 Å². The summed E-state index contributed by atoms with van der Waals surface area (Å²) in [5.74, 6) is -2.35. The van der Waals surface area contributed by atoms with Gasteiger partial charge in [-0.2, -0.15) is 13.2 Å². The molecule has 8 nitrogen and oxygen atoms in total. The Kier molecular flexibility index (Phi) is 8.70. The monoisotopic (exact) mass is 476 g/mol. The van der Waals surface area contributed by atoms with E-state index in [9.17, 15) is 27.6 Å². The van der Waals surface area contributed by atoms with Crippen LogP contribution in [-0.2, 0) is 46.1 Å². The number of halogens is 3. The van der Waals surface area contributed by atoms with Crippen molar-refractivity contribution in [3.63, 3.8) is 0 Å². The zero-order valence-corrected chi connectivity index (χ0v) is 18.9. The van der Waals surface area contributed by atoms with Crippen molar-refractivity contribution in [2.75, 3.05) is 6.61 Å². The van der Waals surface area contributed by atoms with E-state index in [1.807, 2.05) is 6.92 Å². The summed E-state index contributed by atoms with van der Waals surface area (Å²) in [6.45, 7) is 6.65. The lowest BCUT2D eigenvalue weighted by Gasteiger charge is -2.43. The van der Waals surface area contributed by atoms with Crippen LogP contribution in [-0.4, -0.2) is 43.0 Å². The molecule has 0 spiro atoms. The molecule has 0 N–H and O–H groups in total. The number of carbonyl (C=O) groups is 3. The third kappa shape index (κ3) is 7.34. The molecule has 0 aliphatic carbocycles. The zero-order valence-electron chi connectivity index (χ0n) is 18.9. The van der Waals surface area contributed by atoms with E-state index in [4.69, 9.17) is 23.7 Å². The van der Waals surface area contributed by atoms with Gasteiger partial charge in [-0.25, -0.2) is 0 Å². The highest BCUT2D eigenvalue weighted by molar-refractivity contribution is 5.66. The van der Waals surface area contributed by atoms with Crippen LogP contribution in [0, 0.1) is 11.8 Å². The molecule has 0 aromatic heterocycles. The van der Waals surface area contributed by atoms with Gasteiger partial charge in [0.25, 0.3) is 0 Å². The summed E-state index contributed by atoms with van der Waals surface area (Å²) in [6.07, 6.45) is -7.35. The van der Waals surface area contributed by atoms with Crippen molar-refractivity contribution < 1.29 is 51.2 Å². The van der Waals surface area contributed by atoms with E-state index in [1.165, 1.54) is 13.8 Å². The van der Waals surface area contributed by atoms with Crippen LogP contribution in [0.2, 0.25) is 0 Å². The molecule has 5 atom stereocenters. The lowest BCUT2D eigenvalue weighted by molar-refractivity contribution is -0.253. The predicted molar refractivity (Wildman–Crippen MR) is 107 cm³/mol. The SMILES string of the molecule is CC(=O)OCc1cc(C(F)(F)F)ccc1O[C@@H]1OC(COC(C)=O)[C@@H](C)[C@H](C)C1OC(C)=O. The summed E-state index contributed by atoms with van der Waals surface area (Å²) in [5, 5.41) is 0. The van der Waals surface area contributed by atoms with E-state index >= 15 is 0 Å². The fourth-order valence-electron chi connectivity index (χ4n) is 3.39. The molecule has 2 rings (SSSR count). The normalized spacial score (nSPS) is 25.2. The van der Waals surface area contributed by atoms with Crippen LogP contribution in [0.1, 0.15) is 45.7 Å². The average Bonchev–Trinajstić information content (AvgIpc) is 2.70. The summed E-state index contributed by atoms with van der Waals surface area (Å²) >= 11 is 0. The van der Waals surface area contributed by atoms with Gasteiger partial charge in [0.15, 0.2) is 6.10 Å². The minimum atomic E-state index is -4.62. The van der Waals surface area contributed by atoms with Crippen LogP contribution in [0.25, 0.3) is 0 Å². The molecule has 1 aromatic carbocycles. The number of esters is 3. The van der Waals surface area contributed by atoms with Gasteiger partial charge in [0.05, 0.1) is 11.7 Å². The number of hydrogen-bond donors (Lipinski definition) is 0. The van der Waals surface area contributed by atoms with Gasteiger partial charge in [-0.15, -0.1) is 0 Å². The molecule has 0 radical (unpaired) electrons. The lowest BCUT2D eigenvalue weighted by atomic mass is 9.83. The van der Waals surface area contributed by atoms with Crippen molar-refractivity contribution in [2.45, 2.75) is 65.9 Å². The molecule has 1 saturated heterocycles. The Balaban J connectivity index is 2.38. The largest absolute Gasteiger partial charge is 0.463 e. The topological polar surface area (TPSA) is 97.4 Å². The Labute approximate surface area is 189 Å². The predicted octanol–water partition coefficient (Wildman–Crippen LogP) is 3.64. The molecule has 1 heterocycles. The van der Waals surface area contributed by atoms with Gasteiger partial charge in [0.1, 0.15) is 19.0 Å². The van der Waals surface area contributed by atoms with Gasteiger partial charge in [-0.1, -0.05) is 13.8 Å². The van der Waals surface area contributed by atoms with Gasteiger partial charge in [-0.3, -0.25) is 14.4 Å². The van der Waals surface area contributed by atoms with Crippen molar-refractivity contribution in [1.29, 1.82) is 0 Å². The van der Waals surface area contributed by atoms with Crippen molar-refractivity contribution in [3.05, 3.63) is 29.3 Å². The summed E-state index contributed by atoms with van der Waals surface area (Å²) in [7, 11) is 0. The quantitative estimate of drug-likeness (QED) is 0.435. The van der Waals surface area contributed by atoms with Crippen LogP contribution in [0.5, 0.6) is 5.75 Å². The van der Waals surface area contributed by atoms with Crippen molar-refractivity contribution in [3.8, 4) is 5.75 Å². The van der Waals surface area contributed by atoms with Gasteiger partial charge < -0.3 is 23.7 Å². The molecule has 2 unspecified atom stereocenters. The Morgan fingerprint density at radius 1 is 0.970 bits per heavy atom. The Morgan fingerprint density at radius 2 is 1.61 bits per heavy atom. The first-order chi connectivity index (χ1) is 15.3. The molecule has 1 fully saturated rings.